The summed E-state index contributed by atoms with van der Waals surface area (Å²) in [7, 11) is -4.14. The summed E-state index contributed by atoms with van der Waals surface area (Å²) in [5.41, 5.74) is 6.61. The van der Waals surface area contributed by atoms with E-state index in [1.165, 1.54) is 43.3 Å². The van der Waals surface area contributed by atoms with Crippen molar-refractivity contribution in [2.24, 2.45) is 40.1 Å². The Hall–Kier alpha value is -6.99. The van der Waals surface area contributed by atoms with Crippen molar-refractivity contribution in [3.05, 3.63) is 59.5 Å². The lowest BCUT2D eigenvalue weighted by Crippen LogP contribution is -2.71. The van der Waals surface area contributed by atoms with Crippen molar-refractivity contribution in [2.45, 2.75) is 204 Å². The molecule has 31 nitrogen and oxygen atoms in total. The highest BCUT2D eigenvalue weighted by Crippen LogP contribution is 2.72. The number of aliphatic hydroxyl groups excluding tert-OH is 1. The van der Waals surface area contributed by atoms with Crippen LogP contribution in [-0.4, -0.2) is 226 Å². The number of fused-ring (bicyclic) bond motifs is 8. The second kappa shape index (κ2) is 38.7. The van der Waals surface area contributed by atoms with E-state index in [1.54, 1.807) is 20.8 Å². The van der Waals surface area contributed by atoms with Crippen LogP contribution >= 0.6 is 0 Å². The largest absolute Gasteiger partial charge is 0.486 e. The second-order valence-electron chi connectivity index (χ2n) is 28.6. The van der Waals surface area contributed by atoms with Crippen LogP contribution in [0.4, 0.5) is 19.3 Å². The monoisotopic (exact) mass is 1500 g/mol. The van der Waals surface area contributed by atoms with Gasteiger partial charge in [0.2, 0.25) is 35.3 Å². The van der Waals surface area contributed by atoms with E-state index in [2.05, 4.69) is 42.2 Å². The third-order valence-electron chi connectivity index (χ3n) is 21.0. The number of nitrogens with zero attached hydrogens (tertiary/aromatic N) is 3. The number of urea groups is 1. The fourth-order valence-electron chi connectivity index (χ4n) is 15.5. The minimum absolute atomic E-state index is 0.00862. The van der Waals surface area contributed by atoms with Crippen LogP contribution < -0.4 is 48.1 Å². The minimum Gasteiger partial charge on any atom is -0.486 e. The molecule has 1 aromatic heterocycles. The molecule has 586 valence electrons. The first-order valence-electron chi connectivity index (χ1n) is 36.6. The number of hydrogen-bond acceptors (Lipinski definition) is 22. The lowest BCUT2D eigenvalue weighted by molar-refractivity contribution is -0.234. The number of anilines is 1. The molecule has 8 rings (SSSR count). The molecule has 0 spiro atoms. The summed E-state index contributed by atoms with van der Waals surface area (Å²) in [6, 6.07) is 1.99. The van der Waals surface area contributed by atoms with Crippen molar-refractivity contribution >= 4 is 62.9 Å². The predicted octanol–water partition coefficient (Wildman–Crippen LogP) is 3.40. The lowest BCUT2D eigenvalue weighted by atomic mass is 9.44. The van der Waals surface area contributed by atoms with Gasteiger partial charge in [0.15, 0.2) is 23.3 Å². The summed E-state index contributed by atoms with van der Waals surface area (Å²) in [5, 5.41) is 36.9. The molecule has 6 aliphatic rings. The highest BCUT2D eigenvalue weighted by molar-refractivity contribution is 7.85. The van der Waals surface area contributed by atoms with Crippen LogP contribution in [0.2, 0.25) is 0 Å². The first-order chi connectivity index (χ1) is 50.0. The number of nitrogens with one attached hydrogen (secondary N) is 6. The number of hydrogen-bond donors (Lipinski definition) is 10. The van der Waals surface area contributed by atoms with Gasteiger partial charge in [-0.2, -0.15) is 8.42 Å². The molecule has 34 heteroatoms. The van der Waals surface area contributed by atoms with E-state index in [0.717, 1.165) is 37.5 Å². The average molecular weight is 1500 g/mol. The number of ether oxygens (including phenoxy) is 8. The van der Waals surface area contributed by atoms with Crippen LogP contribution in [0.25, 0.3) is 0 Å². The zero-order valence-corrected chi connectivity index (χ0v) is 61.5. The minimum atomic E-state index is -4.14. The first kappa shape index (κ1) is 83.6. The molecule has 0 bridgehead atoms. The molecule has 3 saturated carbocycles. The summed E-state index contributed by atoms with van der Waals surface area (Å²) in [5.74, 6) is -6.12. The number of unbranched alkanes of at least 4 members (excludes halogenated alkanes) is 1. The number of rotatable bonds is 43. The van der Waals surface area contributed by atoms with Crippen LogP contribution in [0.15, 0.2) is 48.1 Å². The van der Waals surface area contributed by atoms with Crippen LogP contribution in [0, 0.1) is 28.6 Å². The number of alkyl halides is 2. The average Bonchev–Trinajstić information content (AvgIpc) is 1.59. The summed E-state index contributed by atoms with van der Waals surface area (Å²) >= 11 is 0. The number of primary amides is 1. The number of carbonyl (C=O) groups excluding carboxylic acids is 8. The number of carbonyl (C=O) groups is 8. The van der Waals surface area contributed by atoms with E-state index in [1.807, 2.05) is 11.6 Å². The third-order valence-corrected chi connectivity index (χ3v) is 21.7. The summed E-state index contributed by atoms with van der Waals surface area (Å²) in [4.78, 5) is 105. The Morgan fingerprint density at radius 3 is 2.19 bits per heavy atom. The molecule has 1 aromatic carbocycles. The van der Waals surface area contributed by atoms with E-state index in [4.69, 9.17) is 53.9 Å². The van der Waals surface area contributed by atoms with E-state index in [0.29, 0.717) is 84.0 Å². The summed E-state index contributed by atoms with van der Waals surface area (Å²) < 4.78 is 114. The Bertz CT molecular complexity index is 3480. The van der Waals surface area contributed by atoms with E-state index in [9.17, 15) is 51.9 Å². The molecular formula is C71H107F2N11O20S. The number of nitrogens with two attached hydrogens (primary N) is 2. The van der Waals surface area contributed by atoms with Gasteiger partial charge in [-0.05, 0) is 138 Å². The van der Waals surface area contributed by atoms with Crippen LogP contribution in [0.3, 0.4) is 0 Å². The van der Waals surface area contributed by atoms with Crippen LogP contribution in [-0.2, 0) is 89.8 Å². The number of benzene rings is 1. The number of aliphatic hydroxyl groups is 1. The third kappa shape index (κ3) is 21.5. The molecule has 2 aromatic rings. The standard InChI is InChI=1S/C71H107F2N11O20S/c1-6-13-61-103-58-40-48-49-39-51(72)50-38-46(85)22-24-68(50,4)70(49,73)56(86)41-69(48,5)71(58,104-61)57(87)42-101-47-20-18-45(19-21-47)79-65(91)53(15-12-26-78-67(75)93)80-66(92)62(44(2)3)81-64(90)52(74)14-10-11-25-76-60(89)43-102-55-17-9-7-8-16-54-63(55)82-83-84(54)28-30-98-32-34-100-36-35-99-33-31-97-29-23-59(88)77-27-37-105(94,95)96/h18-22,24,38,44,48-49,51-53,55-56,58,61-62,86H,6-17,23,25-37,39-43,74H2,1-5H3,(H,76,89)(H,77,88)(H,79,91)(H,80,92)(H,81,90)(H3,75,78,93)(H,94,95,96)/t48-,49-,51-,52+,53-,55?,56-,58+,61?,62-,68-,69-,70-,71+/m0/s1. The molecule has 1 saturated heterocycles. The Morgan fingerprint density at radius 1 is 0.819 bits per heavy atom. The second-order valence-corrected chi connectivity index (χ2v) is 30.1. The van der Waals surface area contributed by atoms with Crippen LogP contribution in [0.5, 0.6) is 5.75 Å². The fraction of sp³-hybridized carbons (Fsp3) is 0.718. The fourth-order valence-corrected chi connectivity index (χ4v) is 15.9. The normalized spacial score (nSPS) is 26.9. The highest BCUT2D eigenvalue weighted by Gasteiger charge is 2.80. The molecule has 2 unspecified atom stereocenters. The van der Waals surface area contributed by atoms with Crippen molar-refractivity contribution in [3.63, 3.8) is 0 Å². The van der Waals surface area contributed by atoms with Gasteiger partial charge in [0, 0.05) is 48.5 Å². The quantitative estimate of drug-likeness (QED) is 0.0336. The zero-order valence-electron chi connectivity index (χ0n) is 60.7. The van der Waals surface area contributed by atoms with Gasteiger partial charge < -0.3 is 86.4 Å². The number of amides is 7. The summed E-state index contributed by atoms with van der Waals surface area (Å²) in [6.45, 7) is 11.0. The Labute approximate surface area is 611 Å². The number of aromatic nitrogens is 3. The smallest absolute Gasteiger partial charge is 0.312 e. The van der Waals surface area contributed by atoms with Crippen LogP contribution in [0.1, 0.15) is 148 Å². The molecular weight excluding hydrogens is 1400 g/mol. The maximum absolute atomic E-state index is 18.0. The molecule has 14 atom stereocenters. The van der Waals surface area contributed by atoms with Crippen molar-refractivity contribution in [1.29, 1.82) is 0 Å². The summed E-state index contributed by atoms with van der Waals surface area (Å²) in [6.07, 6.45) is 4.69. The van der Waals surface area contributed by atoms with Gasteiger partial charge in [-0.15, -0.1) is 5.10 Å². The maximum Gasteiger partial charge on any atom is 0.312 e. The van der Waals surface area contributed by atoms with Crippen molar-refractivity contribution < 1.29 is 103 Å². The van der Waals surface area contributed by atoms with E-state index in [-0.39, 0.29) is 107 Å². The van der Waals surface area contributed by atoms with Gasteiger partial charge in [0.05, 0.1) is 89.1 Å². The highest BCUT2D eigenvalue weighted by atomic mass is 32.2. The number of ketones is 2. The first-order valence-corrected chi connectivity index (χ1v) is 38.3. The lowest BCUT2D eigenvalue weighted by Gasteiger charge is -2.63. The zero-order chi connectivity index (χ0) is 76.1. The Morgan fingerprint density at radius 2 is 1.50 bits per heavy atom. The molecule has 5 aliphatic carbocycles. The number of halogens is 2. The van der Waals surface area contributed by atoms with Gasteiger partial charge >= 0.3 is 6.03 Å². The van der Waals surface area contributed by atoms with Gasteiger partial charge in [0.25, 0.3) is 10.1 Å². The molecule has 0 radical (unpaired) electrons. The number of allylic oxidation sites excluding steroid dienone is 4. The Balaban J connectivity index is 0.741. The topological polar surface area (TPSA) is 440 Å². The SMILES string of the molecule is CCCC1O[C@@H]2C[C@H]3[C@@H]4C[C@H](F)C5=CC(=O)C=C[C@]5(C)[C@@]4(F)[C@@H](O)C[C@]3(C)[C@]2(C(=O)COc2ccc(NC(=O)[C@H](CCCNC(N)=O)NC(=O)[C@@H](NC(=O)[C@H](N)CCCCNC(=O)COC3CCCCCc4c3nnn4CCOCCOCCOCCOCCC(=O)NCCS(=O)(=O)O)C(C)C)cc2)O1. The Kier molecular flexibility index (Phi) is 30.8. The van der Waals surface area contributed by atoms with Crippen molar-refractivity contribution in [2.75, 3.05) is 96.8 Å². The van der Waals surface area contributed by atoms with Gasteiger partial charge in [-0.1, -0.05) is 58.2 Å². The maximum atomic E-state index is 18.0. The molecule has 105 heavy (non-hydrogen) atoms. The van der Waals surface area contributed by atoms with Gasteiger partial charge in [-0.3, -0.25) is 38.1 Å². The van der Waals surface area contributed by atoms with Crippen molar-refractivity contribution in [1.82, 2.24) is 41.6 Å². The predicted molar refractivity (Wildman–Crippen MR) is 376 cm³/mol. The van der Waals surface area contributed by atoms with Crippen molar-refractivity contribution in [3.8, 4) is 5.75 Å². The van der Waals surface area contributed by atoms with E-state index < -0.39 is 152 Å². The molecule has 4 fully saturated rings. The molecule has 1 aliphatic heterocycles. The number of Topliss-reactive ketones (excluding diaryl/α,β-unsaturated/α-hetero) is 1. The molecule has 2 heterocycles. The van der Waals surface area contributed by atoms with Gasteiger partial charge in [-0.25, -0.2) is 18.3 Å². The van der Waals surface area contributed by atoms with Gasteiger partial charge in [0.1, 0.15) is 49.0 Å². The van der Waals surface area contributed by atoms with E-state index >= 15 is 8.78 Å². The molecule has 7 amide bonds. The molecule has 12 N–H and O–H groups in total.